The lowest BCUT2D eigenvalue weighted by Gasteiger charge is -2.01. The van der Waals surface area contributed by atoms with E-state index < -0.39 is 0 Å². The van der Waals surface area contributed by atoms with E-state index >= 15 is 0 Å². The van der Waals surface area contributed by atoms with E-state index in [4.69, 9.17) is 11.6 Å². The van der Waals surface area contributed by atoms with Crippen LogP contribution in [0.5, 0.6) is 0 Å². The second-order valence-electron chi connectivity index (χ2n) is 4.59. The molecule has 0 amide bonds. The number of nitrogens with one attached hydrogen (secondary N) is 1. The van der Waals surface area contributed by atoms with Crippen LogP contribution in [0.4, 0.5) is 10.8 Å². The first-order valence-corrected chi connectivity index (χ1v) is 8.96. The number of halogens is 1. The van der Waals surface area contributed by atoms with Gasteiger partial charge in [0.1, 0.15) is 0 Å². The maximum absolute atomic E-state index is 12.1. The van der Waals surface area contributed by atoms with E-state index in [-0.39, 0.29) is 5.78 Å². The van der Waals surface area contributed by atoms with E-state index in [1.165, 1.54) is 23.1 Å². The Morgan fingerprint density at radius 1 is 1.13 bits per heavy atom. The van der Waals surface area contributed by atoms with Crippen LogP contribution < -0.4 is 5.32 Å². The highest BCUT2D eigenvalue weighted by atomic mass is 35.5. The molecule has 0 aliphatic rings. The van der Waals surface area contributed by atoms with Crippen LogP contribution in [0, 0.1) is 0 Å². The monoisotopic (exact) mass is 361 g/mol. The van der Waals surface area contributed by atoms with Gasteiger partial charge in [0.15, 0.2) is 10.1 Å². The van der Waals surface area contributed by atoms with E-state index in [9.17, 15) is 4.79 Å². The van der Waals surface area contributed by atoms with Crippen molar-refractivity contribution in [2.24, 2.45) is 0 Å². The molecule has 0 saturated heterocycles. The van der Waals surface area contributed by atoms with Gasteiger partial charge in [-0.3, -0.25) is 4.79 Å². The Balaban J connectivity index is 1.58. The van der Waals surface area contributed by atoms with E-state index in [1.54, 1.807) is 0 Å². The van der Waals surface area contributed by atoms with Crippen molar-refractivity contribution in [3.05, 3.63) is 65.2 Å². The average molecular weight is 362 g/mol. The third-order valence-corrected chi connectivity index (χ3v) is 5.11. The second-order valence-corrected chi connectivity index (χ2v) is 7.22. The molecule has 1 aromatic heterocycles. The zero-order chi connectivity index (χ0) is 16.1. The molecule has 3 rings (SSSR count). The van der Waals surface area contributed by atoms with Gasteiger partial charge >= 0.3 is 0 Å². The molecule has 3 aromatic rings. The number of anilines is 2. The summed E-state index contributed by atoms with van der Waals surface area (Å²) in [6.45, 7) is 0. The fourth-order valence-corrected chi connectivity index (χ4v) is 3.70. The van der Waals surface area contributed by atoms with Gasteiger partial charge in [0.25, 0.3) is 0 Å². The molecule has 1 N–H and O–H groups in total. The quantitative estimate of drug-likeness (QED) is 0.499. The summed E-state index contributed by atoms with van der Waals surface area (Å²) in [5, 5.41) is 12.6. The molecule has 0 atom stereocenters. The highest BCUT2D eigenvalue weighted by Crippen LogP contribution is 2.28. The number of hydrogen-bond acceptors (Lipinski definition) is 6. The van der Waals surface area contributed by atoms with E-state index in [1.807, 2.05) is 54.6 Å². The predicted octanol–water partition coefficient (Wildman–Crippen LogP) is 4.91. The van der Waals surface area contributed by atoms with Gasteiger partial charge in [0, 0.05) is 16.3 Å². The molecular formula is C16H12ClN3OS2. The van der Waals surface area contributed by atoms with Crippen LogP contribution in [0.2, 0.25) is 5.02 Å². The van der Waals surface area contributed by atoms with Crippen LogP contribution in [0.15, 0.2) is 58.9 Å². The lowest BCUT2D eigenvalue weighted by molar-refractivity contribution is 0.102. The van der Waals surface area contributed by atoms with Crippen molar-refractivity contribution in [3.8, 4) is 0 Å². The van der Waals surface area contributed by atoms with Crippen LogP contribution in [-0.4, -0.2) is 21.7 Å². The van der Waals surface area contributed by atoms with Crippen molar-refractivity contribution in [2.75, 3.05) is 11.1 Å². The van der Waals surface area contributed by atoms with Crippen LogP contribution in [0.1, 0.15) is 10.4 Å². The lowest BCUT2D eigenvalue weighted by atomic mass is 10.2. The minimum Gasteiger partial charge on any atom is -0.330 e. The van der Waals surface area contributed by atoms with Gasteiger partial charge in [-0.25, -0.2) is 0 Å². The molecule has 0 radical (unpaired) electrons. The minimum absolute atomic E-state index is 0.0788. The number of aromatic nitrogens is 2. The van der Waals surface area contributed by atoms with Crippen molar-refractivity contribution in [2.45, 2.75) is 4.34 Å². The zero-order valence-corrected chi connectivity index (χ0v) is 14.3. The third-order valence-electron chi connectivity index (χ3n) is 2.90. The number of Topliss-reactive ketones (excluding diaryl/α,β-unsaturated/α-hetero) is 1. The second kappa shape index (κ2) is 7.59. The summed E-state index contributed by atoms with van der Waals surface area (Å²) in [5.41, 5.74) is 1.56. The maximum atomic E-state index is 12.1. The summed E-state index contributed by atoms with van der Waals surface area (Å²) in [7, 11) is 0. The molecule has 0 spiro atoms. The fourth-order valence-electron chi connectivity index (χ4n) is 1.84. The van der Waals surface area contributed by atoms with Gasteiger partial charge in [-0.1, -0.05) is 71.1 Å². The molecule has 23 heavy (non-hydrogen) atoms. The Labute approximate surface area is 146 Å². The number of benzene rings is 2. The van der Waals surface area contributed by atoms with Crippen molar-refractivity contribution < 1.29 is 4.79 Å². The maximum Gasteiger partial charge on any atom is 0.210 e. The SMILES string of the molecule is O=C(CSc1nnc(Nc2cccc(Cl)c2)s1)c1ccccc1. The molecular weight excluding hydrogens is 350 g/mol. The van der Waals surface area contributed by atoms with Gasteiger partial charge in [-0.05, 0) is 18.2 Å². The smallest absolute Gasteiger partial charge is 0.210 e. The van der Waals surface area contributed by atoms with Crippen LogP contribution in [-0.2, 0) is 0 Å². The molecule has 4 nitrogen and oxygen atoms in total. The Kier molecular flexibility index (Phi) is 5.27. The average Bonchev–Trinajstić information content (AvgIpc) is 3.01. The largest absolute Gasteiger partial charge is 0.330 e. The van der Waals surface area contributed by atoms with Crippen molar-refractivity contribution in [1.29, 1.82) is 0 Å². The first-order valence-electron chi connectivity index (χ1n) is 6.78. The number of thioether (sulfide) groups is 1. The lowest BCUT2D eigenvalue weighted by Crippen LogP contribution is -2.01. The number of nitrogens with zero attached hydrogens (tertiary/aromatic N) is 2. The highest BCUT2D eigenvalue weighted by molar-refractivity contribution is 8.01. The standard InChI is InChI=1S/C16H12ClN3OS2/c17-12-7-4-8-13(9-12)18-15-19-20-16(23-15)22-10-14(21)11-5-2-1-3-6-11/h1-9H,10H2,(H,18,19). The first kappa shape index (κ1) is 16.0. The number of hydrogen-bond donors (Lipinski definition) is 1. The summed E-state index contributed by atoms with van der Waals surface area (Å²) in [4.78, 5) is 12.1. The molecule has 1 heterocycles. The predicted molar refractivity (Wildman–Crippen MR) is 96.1 cm³/mol. The summed E-state index contributed by atoms with van der Waals surface area (Å²) >= 11 is 8.74. The minimum atomic E-state index is 0.0788. The Morgan fingerprint density at radius 2 is 1.96 bits per heavy atom. The van der Waals surface area contributed by atoms with Crippen LogP contribution >= 0.6 is 34.7 Å². The molecule has 7 heteroatoms. The molecule has 0 fully saturated rings. The summed E-state index contributed by atoms with van der Waals surface area (Å²) in [6, 6.07) is 16.6. The number of ketones is 1. The van der Waals surface area contributed by atoms with Crippen molar-refractivity contribution in [1.82, 2.24) is 10.2 Å². The zero-order valence-electron chi connectivity index (χ0n) is 11.9. The molecule has 0 unspecified atom stereocenters. The Hall–Kier alpha value is -1.89. The fraction of sp³-hybridized carbons (Fsp3) is 0.0625. The number of carbonyl (C=O) groups excluding carboxylic acids is 1. The summed E-state index contributed by atoms with van der Waals surface area (Å²) in [5.74, 6) is 0.422. The van der Waals surface area contributed by atoms with Gasteiger partial charge in [0.2, 0.25) is 5.13 Å². The molecule has 0 bridgehead atoms. The van der Waals surface area contributed by atoms with E-state index in [0.29, 0.717) is 21.5 Å². The molecule has 2 aromatic carbocycles. The summed E-state index contributed by atoms with van der Waals surface area (Å²) < 4.78 is 0.749. The highest BCUT2D eigenvalue weighted by Gasteiger charge is 2.10. The number of carbonyl (C=O) groups is 1. The Bertz CT molecular complexity index is 808. The topological polar surface area (TPSA) is 54.9 Å². The van der Waals surface area contributed by atoms with Gasteiger partial charge in [0.05, 0.1) is 5.75 Å². The van der Waals surface area contributed by atoms with Crippen molar-refractivity contribution in [3.63, 3.8) is 0 Å². The van der Waals surface area contributed by atoms with Gasteiger partial charge in [-0.2, -0.15) is 0 Å². The van der Waals surface area contributed by atoms with Crippen LogP contribution in [0.25, 0.3) is 0 Å². The van der Waals surface area contributed by atoms with E-state index in [2.05, 4.69) is 15.5 Å². The summed E-state index contributed by atoms with van der Waals surface area (Å²) in [6.07, 6.45) is 0. The van der Waals surface area contributed by atoms with Gasteiger partial charge in [-0.15, -0.1) is 10.2 Å². The third kappa shape index (κ3) is 4.54. The first-order chi connectivity index (χ1) is 11.2. The molecule has 116 valence electrons. The Morgan fingerprint density at radius 3 is 2.74 bits per heavy atom. The molecule has 0 aliphatic heterocycles. The number of rotatable bonds is 6. The van der Waals surface area contributed by atoms with E-state index in [0.717, 1.165) is 10.0 Å². The normalized spacial score (nSPS) is 10.5. The van der Waals surface area contributed by atoms with Gasteiger partial charge < -0.3 is 5.32 Å². The molecule has 0 aliphatic carbocycles. The molecule has 0 saturated carbocycles. The van der Waals surface area contributed by atoms with Crippen LogP contribution in [0.3, 0.4) is 0 Å². The van der Waals surface area contributed by atoms with Crippen molar-refractivity contribution >= 4 is 51.3 Å².